The van der Waals surface area contributed by atoms with Crippen LogP contribution in [0.15, 0.2) is 59.5 Å². The van der Waals surface area contributed by atoms with Crippen molar-refractivity contribution in [1.82, 2.24) is 13.9 Å². The van der Waals surface area contributed by atoms with Gasteiger partial charge in [-0.2, -0.15) is 4.31 Å². The number of sulfonamides is 2. The highest BCUT2D eigenvalue weighted by Crippen LogP contribution is 2.15. The van der Waals surface area contributed by atoms with Crippen LogP contribution in [-0.4, -0.2) is 64.7 Å². The number of benzene rings is 2. The molecule has 0 spiro atoms. The second-order valence-corrected chi connectivity index (χ2v) is 10.5. The van der Waals surface area contributed by atoms with Gasteiger partial charge >= 0.3 is 0 Å². The Morgan fingerprint density at radius 2 is 1.50 bits per heavy atom. The van der Waals surface area contributed by atoms with E-state index in [0.29, 0.717) is 5.56 Å². The predicted octanol–water partition coefficient (Wildman–Crippen LogP) is 0.778. The van der Waals surface area contributed by atoms with Gasteiger partial charge in [-0.15, -0.1) is 0 Å². The van der Waals surface area contributed by atoms with Gasteiger partial charge in [0.1, 0.15) is 10.7 Å². The second-order valence-electron chi connectivity index (χ2n) is 6.78. The highest BCUT2D eigenvalue weighted by atomic mass is 32.2. The molecule has 0 radical (unpaired) electrons. The Balaban J connectivity index is 1.53. The Morgan fingerprint density at radius 3 is 2.13 bits per heavy atom. The average Bonchev–Trinajstić information content (AvgIpc) is 2.73. The first-order valence-electron chi connectivity index (χ1n) is 9.23. The Hall–Kier alpha value is -2.34. The van der Waals surface area contributed by atoms with Crippen molar-refractivity contribution in [3.05, 3.63) is 66.0 Å². The largest absolute Gasteiger partial charge is 0.339 e. The average molecular weight is 456 g/mol. The van der Waals surface area contributed by atoms with Crippen LogP contribution in [0.4, 0.5) is 4.39 Å². The molecule has 0 unspecified atom stereocenters. The molecule has 1 aliphatic heterocycles. The van der Waals surface area contributed by atoms with E-state index in [1.165, 1.54) is 21.3 Å². The lowest BCUT2D eigenvalue weighted by molar-refractivity contribution is -0.131. The monoisotopic (exact) mass is 455 g/mol. The first-order chi connectivity index (χ1) is 14.2. The smallest absolute Gasteiger partial charge is 0.243 e. The molecule has 0 aliphatic carbocycles. The van der Waals surface area contributed by atoms with E-state index in [1.807, 2.05) is 0 Å². The minimum Gasteiger partial charge on any atom is -0.339 e. The summed E-state index contributed by atoms with van der Waals surface area (Å²) in [5.74, 6) is -1.53. The van der Waals surface area contributed by atoms with Crippen LogP contribution in [-0.2, 0) is 30.6 Å². The molecule has 30 heavy (non-hydrogen) atoms. The minimum atomic E-state index is -4.17. The standard InChI is InChI=1S/C19H22FN3O5S2/c20-17-8-4-5-9-18(17)30(27,28)21-14-19(24)22-10-12-23(13-11-22)29(25,26)15-16-6-2-1-3-7-16/h1-9,21H,10-15H2. The predicted molar refractivity (Wildman–Crippen MR) is 109 cm³/mol. The number of hydrogen-bond acceptors (Lipinski definition) is 5. The van der Waals surface area contributed by atoms with Gasteiger partial charge in [-0.1, -0.05) is 42.5 Å². The van der Waals surface area contributed by atoms with E-state index in [0.717, 1.165) is 12.1 Å². The molecule has 0 atom stereocenters. The van der Waals surface area contributed by atoms with E-state index >= 15 is 0 Å². The van der Waals surface area contributed by atoms with Crippen molar-refractivity contribution in [2.45, 2.75) is 10.6 Å². The van der Waals surface area contributed by atoms with E-state index < -0.39 is 43.2 Å². The van der Waals surface area contributed by atoms with Crippen LogP contribution in [0.5, 0.6) is 0 Å². The zero-order valence-corrected chi connectivity index (χ0v) is 17.7. The van der Waals surface area contributed by atoms with E-state index in [4.69, 9.17) is 0 Å². The Kier molecular flexibility index (Phi) is 6.86. The summed E-state index contributed by atoms with van der Waals surface area (Å²) in [4.78, 5) is 13.2. The molecule has 1 N–H and O–H groups in total. The molecule has 1 amide bonds. The number of rotatable bonds is 7. The van der Waals surface area contributed by atoms with Gasteiger partial charge in [-0.05, 0) is 17.7 Å². The van der Waals surface area contributed by atoms with Gasteiger partial charge in [0.05, 0.1) is 12.3 Å². The molecule has 2 aromatic rings. The summed E-state index contributed by atoms with van der Waals surface area (Å²) in [5.41, 5.74) is 0.679. The molecule has 0 aromatic heterocycles. The van der Waals surface area contributed by atoms with Crippen LogP contribution in [0.25, 0.3) is 0 Å². The van der Waals surface area contributed by atoms with Crippen molar-refractivity contribution in [3.63, 3.8) is 0 Å². The highest BCUT2D eigenvalue weighted by Gasteiger charge is 2.29. The summed E-state index contributed by atoms with van der Waals surface area (Å²) in [7, 11) is -7.69. The molecule has 0 saturated carbocycles. The summed E-state index contributed by atoms with van der Waals surface area (Å²) in [5, 5.41) is 0. The quantitative estimate of drug-likeness (QED) is 0.665. The lowest BCUT2D eigenvalue weighted by Crippen LogP contribution is -2.52. The number of hydrogen-bond donors (Lipinski definition) is 1. The van der Waals surface area contributed by atoms with Crippen LogP contribution >= 0.6 is 0 Å². The van der Waals surface area contributed by atoms with Crippen LogP contribution in [0.1, 0.15) is 5.56 Å². The maximum atomic E-state index is 13.7. The number of halogens is 1. The lowest BCUT2D eigenvalue weighted by atomic mass is 10.2. The van der Waals surface area contributed by atoms with Gasteiger partial charge in [0.15, 0.2) is 0 Å². The topological polar surface area (TPSA) is 104 Å². The van der Waals surface area contributed by atoms with Crippen LogP contribution in [0, 0.1) is 5.82 Å². The van der Waals surface area contributed by atoms with Gasteiger partial charge in [0, 0.05) is 26.2 Å². The summed E-state index contributed by atoms with van der Waals surface area (Å²) >= 11 is 0. The first kappa shape index (κ1) is 22.3. The van der Waals surface area contributed by atoms with Crippen molar-refractivity contribution >= 4 is 26.0 Å². The minimum absolute atomic E-state index is 0.121. The van der Waals surface area contributed by atoms with Crippen molar-refractivity contribution in [3.8, 4) is 0 Å². The summed E-state index contributed by atoms with van der Waals surface area (Å²) in [6, 6.07) is 13.7. The van der Waals surface area contributed by atoms with Gasteiger partial charge < -0.3 is 4.90 Å². The second kappa shape index (κ2) is 9.21. The fourth-order valence-electron chi connectivity index (χ4n) is 3.10. The number of carbonyl (C=O) groups excluding carboxylic acids is 1. The Bertz CT molecular complexity index is 1100. The summed E-state index contributed by atoms with van der Waals surface area (Å²) in [6.07, 6.45) is 0. The van der Waals surface area contributed by atoms with Crippen LogP contribution < -0.4 is 4.72 Å². The van der Waals surface area contributed by atoms with E-state index in [-0.39, 0.29) is 31.9 Å². The van der Waals surface area contributed by atoms with Crippen molar-refractivity contribution in [2.75, 3.05) is 32.7 Å². The third-order valence-electron chi connectivity index (χ3n) is 4.72. The molecular formula is C19H22FN3O5S2. The third kappa shape index (κ3) is 5.42. The van der Waals surface area contributed by atoms with Crippen LogP contribution in [0.2, 0.25) is 0 Å². The van der Waals surface area contributed by atoms with E-state index in [9.17, 15) is 26.0 Å². The summed E-state index contributed by atoms with van der Waals surface area (Å²) in [6.45, 7) is 0.0118. The number of amides is 1. The molecule has 1 aliphatic rings. The molecule has 3 rings (SSSR count). The molecule has 1 saturated heterocycles. The highest BCUT2D eigenvalue weighted by molar-refractivity contribution is 7.89. The zero-order chi connectivity index (χ0) is 21.8. The molecule has 2 aromatic carbocycles. The Morgan fingerprint density at radius 1 is 0.900 bits per heavy atom. The Labute approximate surface area is 175 Å². The molecular weight excluding hydrogens is 433 g/mol. The van der Waals surface area contributed by atoms with Gasteiger partial charge in [0.25, 0.3) is 0 Å². The third-order valence-corrected chi connectivity index (χ3v) is 8.00. The fraction of sp³-hybridized carbons (Fsp3) is 0.316. The fourth-order valence-corrected chi connectivity index (χ4v) is 5.67. The van der Waals surface area contributed by atoms with E-state index in [1.54, 1.807) is 30.3 Å². The molecule has 1 fully saturated rings. The summed E-state index contributed by atoms with van der Waals surface area (Å²) < 4.78 is 66.6. The molecule has 8 nitrogen and oxygen atoms in total. The first-order valence-corrected chi connectivity index (χ1v) is 12.3. The number of piperazine rings is 1. The zero-order valence-electron chi connectivity index (χ0n) is 16.1. The van der Waals surface area contributed by atoms with Crippen LogP contribution in [0.3, 0.4) is 0 Å². The molecule has 0 bridgehead atoms. The maximum absolute atomic E-state index is 13.7. The van der Waals surface area contributed by atoms with Crippen molar-refractivity contribution in [1.29, 1.82) is 0 Å². The molecule has 11 heteroatoms. The van der Waals surface area contributed by atoms with Gasteiger partial charge in [0.2, 0.25) is 26.0 Å². The molecule has 1 heterocycles. The number of nitrogens with zero attached hydrogens (tertiary/aromatic N) is 2. The van der Waals surface area contributed by atoms with E-state index in [2.05, 4.69) is 4.72 Å². The van der Waals surface area contributed by atoms with Gasteiger partial charge in [-0.25, -0.2) is 25.9 Å². The number of carbonyl (C=O) groups is 1. The normalized spacial score (nSPS) is 15.8. The molecule has 162 valence electrons. The van der Waals surface area contributed by atoms with Crippen molar-refractivity contribution < 1.29 is 26.0 Å². The number of nitrogens with one attached hydrogen (secondary N) is 1. The lowest BCUT2D eigenvalue weighted by Gasteiger charge is -2.34. The SMILES string of the molecule is O=C(CNS(=O)(=O)c1ccccc1F)N1CCN(S(=O)(=O)Cc2ccccc2)CC1. The van der Waals surface area contributed by atoms with Gasteiger partial charge in [-0.3, -0.25) is 4.79 Å². The maximum Gasteiger partial charge on any atom is 0.243 e. The van der Waals surface area contributed by atoms with Crippen molar-refractivity contribution in [2.24, 2.45) is 0 Å².